The van der Waals surface area contributed by atoms with Crippen LogP contribution in [0.1, 0.15) is 5.56 Å². The molecule has 0 fully saturated rings. The molecule has 7 nitrogen and oxygen atoms in total. The lowest BCUT2D eigenvalue weighted by Crippen LogP contribution is -2.25. The summed E-state index contributed by atoms with van der Waals surface area (Å²) in [5.74, 6) is -0.687. The van der Waals surface area contributed by atoms with Crippen molar-refractivity contribution in [2.24, 2.45) is 0 Å². The number of nitrogens with zero attached hydrogens (tertiary/aromatic N) is 1. The smallest absolute Gasteiger partial charge is 0.489 e. The van der Waals surface area contributed by atoms with Crippen LogP contribution in [-0.2, 0) is 14.3 Å². The molecule has 0 unspecified atom stereocenters. The van der Waals surface area contributed by atoms with Crippen molar-refractivity contribution in [3.05, 3.63) is 40.0 Å². The number of alkyl halides is 3. The van der Waals surface area contributed by atoms with Gasteiger partial charge in [-0.2, -0.15) is 21.6 Å². The summed E-state index contributed by atoms with van der Waals surface area (Å²) in [6.07, 6.45) is 0.940. The molecule has 1 aromatic carbocycles. The van der Waals surface area contributed by atoms with Gasteiger partial charge in [0.05, 0.1) is 10.5 Å². The molecule has 1 heterocycles. The molecule has 0 saturated heterocycles. The lowest BCUT2D eigenvalue weighted by Gasteiger charge is -2.19. The third-order valence-electron chi connectivity index (χ3n) is 2.43. The molecule has 0 radical (unpaired) electrons. The van der Waals surface area contributed by atoms with Crippen LogP contribution >= 0.6 is 0 Å². The first-order chi connectivity index (χ1) is 9.62. The fourth-order valence-electron chi connectivity index (χ4n) is 1.51. The molecule has 21 heavy (non-hydrogen) atoms. The molecule has 1 aliphatic heterocycles. The zero-order valence-corrected chi connectivity index (χ0v) is 10.8. The van der Waals surface area contributed by atoms with E-state index in [1.54, 1.807) is 0 Å². The minimum atomic E-state index is -5.87. The molecule has 11 heteroatoms. The molecule has 0 aromatic heterocycles. The van der Waals surface area contributed by atoms with Crippen molar-refractivity contribution in [3.63, 3.8) is 0 Å². The van der Waals surface area contributed by atoms with Crippen molar-refractivity contribution in [1.29, 1.82) is 0 Å². The first kappa shape index (κ1) is 15.1. The van der Waals surface area contributed by atoms with E-state index in [9.17, 15) is 31.7 Å². The summed E-state index contributed by atoms with van der Waals surface area (Å²) in [6, 6.07) is 3.08. The average molecular weight is 325 g/mol. The molecule has 0 amide bonds. The lowest BCUT2D eigenvalue weighted by atomic mass is 10.1. The average Bonchev–Trinajstić information content (AvgIpc) is 2.36. The van der Waals surface area contributed by atoms with Gasteiger partial charge in [-0.1, -0.05) is 0 Å². The number of halogens is 3. The number of rotatable bonds is 3. The van der Waals surface area contributed by atoms with Crippen molar-refractivity contribution >= 4 is 21.6 Å². The molecule has 114 valence electrons. The van der Waals surface area contributed by atoms with E-state index in [-0.39, 0.29) is 17.9 Å². The van der Waals surface area contributed by atoms with Crippen LogP contribution in [0.3, 0.4) is 0 Å². The maximum atomic E-state index is 12.3. The molecule has 0 bridgehead atoms. The monoisotopic (exact) mass is 325 g/mol. The highest BCUT2D eigenvalue weighted by atomic mass is 32.2. The van der Waals surface area contributed by atoms with E-state index in [1.807, 2.05) is 0 Å². The largest absolute Gasteiger partial charge is 0.534 e. The molecule has 0 saturated carbocycles. The van der Waals surface area contributed by atoms with Gasteiger partial charge in [0.15, 0.2) is 5.76 Å². The van der Waals surface area contributed by atoms with E-state index in [4.69, 9.17) is 4.74 Å². The predicted molar refractivity (Wildman–Crippen MR) is 62.6 cm³/mol. The predicted octanol–water partition coefficient (Wildman–Crippen LogP) is 2.19. The fraction of sp³-hybridized carbons (Fsp3) is 0.200. The van der Waals surface area contributed by atoms with Crippen LogP contribution in [0.4, 0.5) is 18.9 Å². The Morgan fingerprint density at radius 3 is 2.57 bits per heavy atom. The summed E-state index contributed by atoms with van der Waals surface area (Å²) < 4.78 is 67.9. The van der Waals surface area contributed by atoms with Crippen molar-refractivity contribution in [2.75, 3.05) is 6.61 Å². The molecule has 0 atom stereocenters. The first-order valence-corrected chi connectivity index (χ1v) is 6.65. The van der Waals surface area contributed by atoms with Crippen LogP contribution in [-0.4, -0.2) is 25.5 Å². The van der Waals surface area contributed by atoms with E-state index >= 15 is 0 Å². The number of nitro benzene ring substituents is 1. The van der Waals surface area contributed by atoms with E-state index in [0.717, 1.165) is 24.3 Å². The van der Waals surface area contributed by atoms with Crippen LogP contribution in [0.15, 0.2) is 24.3 Å². The van der Waals surface area contributed by atoms with E-state index < -0.39 is 32.0 Å². The second kappa shape index (κ2) is 4.91. The number of benzene rings is 1. The fourth-order valence-corrected chi connectivity index (χ4v) is 2.00. The SMILES string of the molecule is O=[N+]([O-])c1ccc2c(c1)C(OS(=O)(=O)C(F)(F)F)=CCO2. The van der Waals surface area contributed by atoms with Crippen molar-refractivity contribution in [3.8, 4) is 5.75 Å². The standard InChI is InChI=1S/C10H6F3NO6S/c11-10(12,13)21(17,18)20-9-3-4-19-8-2-1-6(14(15)16)5-7(8)9/h1-3,5H,4H2. The van der Waals surface area contributed by atoms with Crippen LogP contribution in [0.25, 0.3) is 5.76 Å². The normalized spacial score (nSPS) is 14.7. The van der Waals surface area contributed by atoms with Gasteiger partial charge in [0.25, 0.3) is 5.69 Å². The number of fused-ring (bicyclic) bond motifs is 1. The third-order valence-corrected chi connectivity index (χ3v) is 3.40. The van der Waals surface area contributed by atoms with Crippen molar-refractivity contribution in [2.45, 2.75) is 5.51 Å². The number of ether oxygens (including phenoxy) is 1. The maximum absolute atomic E-state index is 12.3. The van der Waals surface area contributed by atoms with Gasteiger partial charge in [-0.25, -0.2) is 0 Å². The summed E-state index contributed by atoms with van der Waals surface area (Å²) in [6.45, 7) is -0.229. The summed E-state index contributed by atoms with van der Waals surface area (Å²) in [4.78, 5) is 9.86. The van der Waals surface area contributed by atoms with Gasteiger partial charge in [-0.15, -0.1) is 0 Å². The Labute approximate surface area is 115 Å². The first-order valence-electron chi connectivity index (χ1n) is 5.24. The van der Waals surface area contributed by atoms with Crippen molar-refractivity contribution < 1.29 is 35.4 Å². The Kier molecular flexibility index (Phi) is 3.53. The second-order valence-corrected chi connectivity index (χ2v) is 5.34. The molecule has 0 aliphatic carbocycles. The molecular formula is C10H6F3NO6S. The van der Waals surface area contributed by atoms with Crippen LogP contribution < -0.4 is 4.74 Å². The second-order valence-electron chi connectivity index (χ2n) is 3.80. The topological polar surface area (TPSA) is 95.7 Å². The number of nitro groups is 1. The Balaban J connectivity index is 2.43. The van der Waals surface area contributed by atoms with Gasteiger partial charge >= 0.3 is 15.6 Å². The van der Waals surface area contributed by atoms with Crippen LogP contribution in [0.2, 0.25) is 0 Å². The number of hydrogen-bond donors (Lipinski definition) is 0. The van der Waals surface area contributed by atoms with Gasteiger partial charge in [0.1, 0.15) is 12.4 Å². The molecule has 2 rings (SSSR count). The third kappa shape index (κ3) is 2.91. The highest BCUT2D eigenvalue weighted by Gasteiger charge is 2.49. The van der Waals surface area contributed by atoms with Gasteiger partial charge in [-0.3, -0.25) is 10.1 Å². The zero-order chi connectivity index (χ0) is 15.8. The summed E-state index contributed by atoms with van der Waals surface area (Å²) >= 11 is 0. The van der Waals surface area contributed by atoms with E-state index in [2.05, 4.69) is 4.18 Å². The molecule has 0 spiro atoms. The number of non-ortho nitro benzene ring substituents is 1. The minimum Gasteiger partial charge on any atom is -0.489 e. The molecular weight excluding hydrogens is 319 g/mol. The molecule has 0 N–H and O–H groups in total. The van der Waals surface area contributed by atoms with Gasteiger partial charge < -0.3 is 8.92 Å². The van der Waals surface area contributed by atoms with Crippen molar-refractivity contribution in [1.82, 2.24) is 0 Å². The summed E-state index contributed by atoms with van der Waals surface area (Å²) in [5, 5.41) is 10.6. The molecule has 1 aliphatic rings. The minimum absolute atomic E-state index is 0.0181. The molecule has 1 aromatic rings. The van der Waals surface area contributed by atoms with E-state index in [0.29, 0.717) is 0 Å². The lowest BCUT2D eigenvalue weighted by molar-refractivity contribution is -0.384. The summed E-state index contributed by atoms with van der Waals surface area (Å²) in [7, 11) is -5.87. The van der Waals surface area contributed by atoms with Crippen LogP contribution in [0.5, 0.6) is 5.75 Å². The van der Waals surface area contributed by atoms with Gasteiger partial charge in [0.2, 0.25) is 0 Å². The highest BCUT2D eigenvalue weighted by Crippen LogP contribution is 2.37. The maximum Gasteiger partial charge on any atom is 0.534 e. The van der Waals surface area contributed by atoms with Gasteiger partial charge in [-0.05, 0) is 12.1 Å². The quantitative estimate of drug-likeness (QED) is 0.366. The highest BCUT2D eigenvalue weighted by molar-refractivity contribution is 7.87. The Bertz CT molecular complexity index is 725. The Morgan fingerprint density at radius 1 is 1.33 bits per heavy atom. The zero-order valence-electron chi connectivity index (χ0n) is 9.96. The number of hydrogen-bond acceptors (Lipinski definition) is 6. The van der Waals surface area contributed by atoms with Crippen LogP contribution in [0, 0.1) is 10.1 Å². The summed E-state index contributed by atoms with van der Waals surface area (Å²) in [5.41, 5.74) is -6.30. The van der Waals surface area contributed by atoms with E-state index in [1.165, 1.54) is 0 Å². The Morgan fingerprint density at radius 2 is 2.00 bits per heavy atom. The Hall–Kier alpha value is -2.30. The van der Waals surface area contributed by atoms with Gasteiger partial charge in [0, 0.05) is 12.1 Å².